The number of carbonyl (C=O) groups excluding carboxylic acids is 1. The summed E-state index contributed by atoms with van der Waals surface area (Å²) in [6, 6.07) is 0.500. The first-order chi connectivity index (χ1) is 8.20. The van der Waals surface area contributed by atoms with Crippen molar-refractivity contribution in [2.45, 2.75) is 70.4 Å². The summed E-state index contributed by atoms with van der Waals surface area (Å²) in [4.78, 5) is 11.9. The number of nitrogens with one attached hydrogen (secondary N) is 1. The molecule has 17 heavy (non-hydrogen) atoms. The predicted molar refractivity (Wildman–Crippen MR) is 69.5 cm³/mol. The lowest BCUT2D eigenvalue weighted by atomic mass is 9.79. The van der Waals surface area contributed by atoms with Crippen molar-refractivity contribution < 1.29 is 4.79 Å². The summed E-state index contributed by atoms with van der Waals surface area (Å²) in [5.41, 5.74) is 5.71. The van der Waals surface area contributed by atoms with E-state index in [0.717, 1.165) is 25.2 Å². The third-order valence-corrected chi connectivity index (χ3v) is 4.35. The summed E-state index contributed by atoms with van der Waals surface area (Å²) in [6.45, 7) is 2.25. The fourth-order valence-corrected chi connectivity index (χ4v) is 2.89. The predicted octanol–water partition coefficient (Wildman–Crippen LogP) is 2.20. The van der Waals surface area contributed by atoms with E-state index in [1.165, 1.54) is 32.1 Å². The lowest BCUT2D eigenvalue weighted by Crippen LogP contribution is -2.36. The second-order valence-corrected chi connectivity index (χ2v) is 5.87. The van der Waals surface area contributed by atoms with Gasteiger partial charge in [0.05, 0.1) is 0 Å². The van der Waals surface area contributed by atoms with Gasteiger partial charge in [-0.3, -0.25) is 4.79 Å². The molecule has 0 saturated heterocycles. The van der Waals surface area contributed by atoms with Crippen molar-refractivity contribution in [1.29, 1.82) is 0 Å². The van der Waals surface area contributed by atoms with Crippen molar-refractivity contribution in [2.75, 3.05) is 0 Å². The first-order valence-electron chi connectivity index (χ1n) is 7.26. The van der Waals surface area contributed by atoms with Gasteiger partial charge in [-0.25, -0.2) is 0 Å². The van der Waals surface area contributed by atoms with Crippen LogP contribution in [0.15, 0.2) is 0 Å². The minimum absolute atomic E-state index is 0.222. The zero-order chi connectivity index (χ0) is 12.3. The summed E-state index contributed by atoms with van der Waals surface area (Å²) in [7, 11) is 0. The average molecular weight is 238 g/mol. The number of hydrogen-bond donors (Lipinski definition) is 2. The SMILES string of the molecule is CCCCC1CCC(C(=O)NC2CC2N)CC1. The van der Waals surface area contributed by atoms with Crippen molar-refractivity contribution in [3.05, 3.63) is 0 Å². The van der Waals surface area contributed by atoms with Crippen LogP contribution in [0.2, 0.25) is 0 Å². The number of amides is 1. The number of nitrogens with two attached hydrogens (primary N) is 1. The minimum Gasteiger partial charge on any atom is -0.352 e. The van der Waals surface area contributed by atoms with Gasteiger partial charge in [-0.15, -0.1) is 0 Å². The molecule has 3 nitrogen and oxygen atoms in total. The highest BCUT2D eigenvalue weighted by molar-refractivity contribution is 5.79. The Morgan fingerprint density at radius 2 is 1.94 bits per heavy atom. The third-order valence-electron chi connectivity index (χ3n) is 4.35. The van der Waals surface area contributed by atoms with Gasteiger partial charge >= 0.3 is 0 Å². The van der Waals surface area contributed by atoms with Gasteiger partial charge < -0.3 is 11.1 Å². The largest absolute Gasteiger partial charge is 0.352 e. The normalized spacial score (nSPS) is 36.6. The Kier molecular flexibility index (Phi) is 4.43. The van der Waals surface area contributed by atoms with Gasteiger partial charge in [0.25, 0.3) is 0 Å². The average Bonchev–Trinajstić information content (AvgIpc) is 3.03. The van der Waals surface area contributed by atoms with Gasteiger partial charge in [-0.05, 0) is 38.0 Å². The van der Waals surface area contributed by atoms with E-state index in [4.69, 9.17) is 5.73 Å². The molecule has 2 saturated carbocycles. The van der Waals surface area contributed by atoms with Gasteiger partial charge in [-0.2, -0.15) is 0 Å². The molecule has 1 amide bonds. The molecule has 0 heterocycles. The monoisotopic (exact) mass is 238 g/mol. The molecular formula is C14H26N2O. The molecule has 2 fully saturated rings. The van der Waals surface area contributed by atoms with Crippen LogP contribution < -0.4 is 11.1 Å². The number of unbranched alkanes of at least 4 members (excludes halogenated alkanes) is 1. The second-order valence-electron chi connectivity index (χ2n) is 5.87. The molecular weight excluding hydrogens is 212 g/mol. The summed E-state index contributed by atoms with van der Waals surface area (Å²) in [5, 5.41) is 3.07. The molecule has 0 aromatic heterocycles. The number of hydrogen-bond acceptors (Lipinski definition) is 2. The first kappa shape index (κ1) is 12.9. The topological polar surface area (TPSA) is 55.1 Å². The highest BCUT2D eigenvalue weighted by Crippen LogP contribution is 2.32. The molecule has 2 aliphatic rings. The summed E-state index contributed by atoms with van der Waals surface area (Å²) >= 11 is 0. The summed E-state index contributed by atoms with van der Waals surface area (Å²) in [5.74, 6) is 1.40. The van der Waals surface area contributed by atoms with Crippen LogP contribution in [0.3, 0.4) is 0 Å². The molecule has 0 aliphatic heterocycles. The lowest BCUT2D eigenvalue weighted by Gasteiger charge is -2.27. The lowest BCUT2D eigenvalue weighted by molar-refractivity contribution is -0.126. The molecule has 0 aromatic rings. The summed E-state index contributed by atoms with van der Waals surface area (Å²) < 4.78 is 0. The van der Waals surface area contributed by atoms with Crippen LogP contribution in [0.1, 0.15) is 58.3 Å². The Labute approximate surface area is 105 Å². The quantitative estimate of drug-likeness (QED) is 0.771. The van der Waals surface area contributed by atoms with E-state index in [2.05, 4.69) is 12.2 Å². The Balaban J connectivity index is 1.65. The molecule has 3 heteroatoms. The molecule has 98 valence electrons. The van der Waals surface area contributed by atoms with Gasteiger partial charge in [0.15, 0.2) is 0 Å². The maximum Gasteiger partial charge on any atom is 0.223 e. The van der Waals surface area contributed by atoms with Crippen LogP contribution in [-0.4, -0.2) is 18.0 Å². The van der Waals surface area contributed by atoms with Crippen molar-refractivity contribution >= 4 is 5.91 Å². The second kappa shape index (κ2) is 5.85. The van der Waals surface area contributed by atoms with Crippen molar-refractivity contribution in [1.82, 2.24) is 5.32 Å². The molecule has 3 N–H and O–H groups in total. The van der Waals surface area contributed by atoms with E-state index in [-0.39, 0.29) is 23.9 Å². The summed E-state index contributed by atoms with van der Waals surface area (Å²) in [6.07, 6.45) is 9.63. The van der Waals surface area contributed by atoms with Crippen LogP contribution in [-0.2, 0) is 4.79 Å². The van der Waals surface area contributed by atoms with Crippen LogP contribution >= 0.6 is 0 Å². The molecule has 0 radical (unpaired) electrons. The minimum atomic E-state index is 0.222. The zero-order valence-electron chi connectivity index (χ0n) is 11.0. The standard InChI is InChI=1S/C14H26N2O/c1-2-3-4-10-5-7-11(8-6-10)14(17)16-13-9-12(13)15/h10-13H,2-9,15H2,1H3,(H,16,17). The van der Waals surface area contributed by atoms with E-state index in [9.17, 15) is 4.79 Å². The number of carbonyl (C=O) groups is 1. The van der Waals surface area contributed by atoms with Crippen LogP contribution in [0.25, 0.3) is 0 Å². The van der Waals surface area contributed by atoms with Crippen LogP contribution in [0, 0.1) is 11.8 Å². The fraction of sp³-hybridized carbons (Fsp3) is 0.929. The van der Waals surface area contributed by atoms with E-state index in [1.54, 1.807) is 0 Å². The Bertz CT molecular complexity index is 259. The molecule has 2 atom stereocenters. The Morgan fingerprint density at radius 3 is 2.47 bits per heavy atom. The first-order valence-corrected chi connectivity index (χ1v) is 7.26. The Hall–Kier alpha value is -0.570. The smallest absolute Gasteiger partial charge is 0.223 e. The van der Waals surface area contributed by atoms with Crippen molar-refractivity contribution in [3.8, 4) is 0 Å². The fourth-order valence-electron chi connectivity index (χ4n) is 2.89. The molecule has 2 aliphatic carbocycles. The maximum atomic E-state index is 11.9. The molecule has 2 unspecified atom stereocenters. The molecule has 0 bridgehead atoms. The molecule has 0 aromatic carbocycles. The van der Waals surface area contributed by atoms with E-state index < -0.39 is 0 Å². The maximum absolute atomic E-state index is 11.9. The van der Waals surface area contributed by atoms with Gasteiger partial charge in [0.1, 0.15) is 0 Å². The molecule has 0 spiro atoms. The highest BCUT2D eigenvalue weighted by Gasteiger charge is 2.36. The van der Waals surface area contributed by atoms with E-state index >= 15 is 0 Å². The third kappa shape index (κ3) is 3.70. The zero-order valence-corrected chi connectivity index (χ0v) is 11.0. The van der Waals surface area contributed by atoms with Gasteiger partial charge in [0.2, 0.25) is 5.91 Å². The van der Waals surface area contributed by atoms with Crippen molar-refractivity contribution in [2.24, 2.45) is 17.6 Å². The van der Waals surface area contributed by atoms with Gasteiger partial charge in [0, 0.05) is 18.0 Å². The van der Waals surface area contributed by atoms with E-state index in [0.29, 0.717) is 0 Å². The van der Waals surface area contributed by atoms with E-state index in [1.807, 2.05) is 0 Å². The molecule has 2 rings (SSSR count). The number of rotatable bonds is 5. The van der Waals surface area contributed by atoms with Crippen LogP contribution in [0.4, 0.5) is 0 Å². The highest BCUT2D eigenvalue weighted by atomic mass is 16.2. The van der Waals surface area contributed by atoms with Gasteiger partial charge in [-0.1, -0.05) is 26.2 Å². The van der Waals surface area contributed by atoms with Crippen molar-refractivity contribution in [3.63, 3.8) is 0 Å². The Morgan fingerprint density at radius 1 is 1.29 bits per heavy atom. The van der Waals surface area contributed by atoms with Crippen LogP contribution in [0.5, 0.6) is 0 Å².